The molecule has 0 spiro atoms. The van der Waals surface area contributed by atoms with Crippen molar-refractivity contribution >= 4 is 23.2 Å². The summed E-state index contributed by atoms with van der Waals surface area (Å²) in [6, 6.07) is 1.81. The van der Waals surface area contributed by atoms with Gasteiger partial charge in [0.15, 0.2) is 0 Å². The highest BCUT2D eigenvalue weighted by atomic mass is 35.5. The molecular weight excluding hydrogens is 157 g/mol. The van der Waals surface area contributed by atoms with Crippen LogP contribution < -0.4 is 0 Å². The van der Waals surface area contributed by atoms with E-state index in [-0.39, 0.29) is 0 Å². The zero-order chi connectivity index (χ0) is 6.85. The Morgan fingerprint density at radius 1 is 1.44 bits per heavy atom. The lowest BCUT2D eigenvalue weighted by Crippen LogP contribution is -1.78. The molecule has 1 aromatic rings. The van der Waals surface area contributed by atoms with E-state index in [0.717, 1.165) is 5.56 Å². The summed E-state index contributed by atoms with van der Waals surface area (Å²) in [5, 5.41) is 0.913. The highest BCUT2D eigenvalue weighted by molar-refractivity contribution is 6.41. The number of nitrogens with zero attached hydrogens (tertiary/aromatic N) is 1. The molecule has 1 aromatic heterocycles. The van der Waals surface area contributed by atoms with Crippen molar-refractivity contribution in [1.29, 1.82) is 0 Å². The van der Waals surface area contributed by atoms with Crippen molar-refractivity contribution in [3.8, 4) is 0 Å². The maximum atomic E-state index is 5.68. The first-order chi connectivity index (χ1) is 4.22. The lowest BCUT2D eigenvalue weighted by Gasteiger charge is -1.95. The molecule has 0 atom stereocenters. The SMILES string of the molecule is Cc1ccnc(Cl)c1Cl. The third-order valence-corrected chi connectivity index (χ3v) is 1.90. The maximum absolute atomic E-state index is 5.68. The molecule has 0 aliphatic heterocycles. The van der Waals surface area contributed by atoms with Crippen molar-refractivity contribution < 1.29 is 0 Å². The van der Waals surface area contributed by atoms with E-state index in [1.807, 2.05) is 13.0 Å². The van der Waals surface area contributed by atoms with E-state index in [9.17, 15) is 0 Å². The Bertz CT molecular complexity index is 202. The number of hydrogen-bond donors (Lipinski definition) is 0. The molecule has 1 heterocycles. The van der Waals surface area contributed by atoms with Gasteiger partial charge in [0.1, 0.15) is 5.15 Å². The summed E-state index contributed by atoms with van der Waals surface area (Å²) in [5.74, 6) is 0. The van der Waals surface area contributed by atoms with E-state index in [1.165, 1.54) is 0 Å². The number of aryl methyl sites for hydroxylation is 1. The molecule has 0 N–H and O–H groups in total. The van der Waals surface area contributed by atoms with Gasteiger partial charge in [-0.05, 0) is 18.6 Å². The summed E-state index contributed by atoms with van der Waals surface area (Å²) in [4.78, 5) is 3.77. The third kappa shape index (κ3) is 1.35. The van der Waals surface area contributed by atoms with Gasteiger partial charge in [-0.1, -0.05) is 23.2 Å². The average Bonchev–Trinajstić information content (AvgIpc) is 1.83. The average molecular weight is 162 g/mol. The highest BCUT2D eigenvalue weighted by Crippen LogP contribution is 2.21. The molecule has 1 rings (SSSR count). The van der Waals surface area contributed by atoms with Gasteiger partial charge in [-0.3, -0.25) is 0 Å². The van der Waals surface area contributed by atoms with Crippen LogP contribution in [0.1, 0.15) is 5.56 Å². The van der Waals surface area contributed by atoms with Gasteiger partial charge in [0.05, 0.1) is 5.02 Å². The van der Waals surface area contributed by atoms with E-state index in [2.05, 4.69) is 4.98 Å². The van der Waals surface area contributed by atoms with Crippen molar-refractivity contribution in [3.05, 3.63) is 28.0 Å². The van der Waals surface area contributed by atoms with Crippen molar-refractivity contribution in [3.63, 3.8) is 0 Å². The van der Waals surface area contributed by atoms with Crippen LogP contribution in [-0.4, -0.2) is 4.98 Å². The number of rotatable bonds is 0. The van der Waals surface area contributed by atoms with Crippen LogP contribution in [0, 0.1) is 6.92 Å². The number of pyridine rings is 1. The Labute approximate surface area is 63.6 Å². The van der Waals surface area contributed by atoms with Crippen LogP contribution in [0.4, 0.5) is 0 Å². The summed E-state index contributed by atoms with van der Waals surface area (Å²) in [5.41, 5.74) is 0.955. The molecule has 0 saturated carbocycles. The zero-order valence-corrected chi connectivity index (χ0v) is 6.37. The molecule has 3 heteroatoms. The summed E-state index contributed by atoms with van der Waals surface area (Å²) in [6.45, 7) is 1.88. The Hall–Kier alpha value is -0.270. The molecule has 0 saturated heterocycles. The van der Waals surface area contributed by atoms with Gasteiger partial charge >= 0.3 is 0 Å². The highest BCUT2D eigenvalue weighted by Gasteiger charge is 1.98. The second-order valence-corrected chi connectivity index (χ2v) is 2.47. The molecular formula is C6H5Cl2N. The van der Waals surface area contributed by atoms with Crippen LogP contribution in [0.3, 0.4) is 0 Å². The van der Waals surface area contributed by atoms with Gasteiger partial charge in [0.2, 0.25) is 0 Å². The minimum atomic E-state index is 0.372. The van der Waals surface area contributed by atoms with E-state index in [0.29, 0.717) is 10.2 Å². The predicted molar refractivity (Wildman–Crippen MR) is 39.0 cm³/mol. The fourth-order valence-corrected chi connectivity index (χ4v) is 0.824. The molecule has 0 radical (unpaired) electrons. The fourth-order valence-electron chi connectivity index (χ4n) is 0.507. The van der Waals surface area contributed by atoms with Crippen molar-refractivity contribution in [2.24, 2.45) is 0 Å². The molecule has 0 fully saturated rings. The van der Waals surface area contributed by atoms with Crippen molar-refractivity contribution in [2.45, 2.75) is 6.92 Å². The van der Waals surface area contributed by atoms with Crippen molar-refractivity contribution in [1.82, 2.24) is 4.98 Å². The summed E-state index contributed by atoms with van der Waals surface area (Å²) in [7, 11) is 0. The zero-order valence-electron chi connectivity index (χ0n) is 4.86. The fraction of sp³-hybridized carbons (Fsp3) is 0.167. The second kappa shape index (κ2) is 2.54. The normalized spacial score (nSPS) is 9.67. The van der Waals surface area contributed by atoms with Gasteiger partial charge < -0.3 is 0 Å². The van der Waals surface area contributed by atoms with E-state index in [4.69, 9.17) is 23.2 Å². The van der Waals surface area contributed by atoms with E-state index >= 15 is 0 Å². The maximum Gasteiger partial charge on any atom is 0.147 e. The number of hydrogen-bond acceptors (Lipinski definition) is 1. The molecule has 0 unspecified atom stereocenters. The predicted octanol–water partition coefficient (Wildman–Crippen LogP) is 2.70. The Kier molecular flexibility index (Phi) is 1.94. The lowest BCUT2D eigenvalue weighted by atomic mass is 10.3. The largest absolute Gasteiger partial charge is 0.243 e. The standard InChI is InChI=1S/C6H5Cl2N/c1-4-2-3-9-6(8)5(4)7/h2-3H,1H3. The van der Waals surface area contributed by atoms with Gasteiger partial charge in [0.25, 0.3) is 0 Å². The Morgan fingerprint density at radius 3 is 2.56 bits per heavy atom. The monoisotopic (exact) mass is 161 g/mol. The van der Waals surface area contributed by atoms with Crippen LogP contribution in [0.2, 0.25) is 10.2 Å². The number of aromatic nitrogens is 1. The first-order valence-corrected chi connectivity index (χ1v) is 3.24. The summed E-state index contributed by atoms with van der Waals surface area (Å²) in [6.07, 6.45) is 1.63. The Balaban J connectivity index is 3.25. The smallest absolute Gasteiger partial charge is 0.147 e. The van der Waals surface area contributed by atoms with Gasteiger partial charge in [-0.2, -0.15) is 0 Å². The lowest BCUT2D eigenvalue weighted by molar-refractivity contribution is 1.29. The first kappa shape index (κ1) is 6.84. The molecule has 0 aliphatic carbocycles. The molecule has 1 nitrogen and oxygen atoms in total. The van der Waals surface area contributed by atoms with Crippen LogP contribution >= 0.6 is 23.2 Å². The topological polar surface area (TPSA) is 12.9 Å². The molecule has 0 aliphatic rings. The molecule has 48 valence electrons. The van der Waals surface area contributed by atoms with Crippen LogP contribution in [-0.2, 0) is 0 Å². The summed E-state index contributed by atoms with van der Waals surface area (Å²) >= 11 is 11.3. The van der Waals surface area contributed by atoms with Crippen molar-refractivity contribution in [2.75, 3.05) is 0 Å². The minimum absolute atomic E-state index is 0.372. The molecule has 0 aromatic carbocycles. The van der Waals surface area contributed by atoms with Crippen LogP contribution in [0.15, 0.2) is 12.3 Å². The van der Waals surface area contributed by atoms with Crippen LogP contribution in [0.5, 0.6) is 0 Å². The van der Waals surface area contributed by atoms with Crippen LogP contribution in [0.25, 0.3) is 0 Å². The van der Waals surface area contributed by atoms with E-state index < -0.39 is 0 Å². The van der Waals surface area contributed by atoms with Gasteiger partial charge in [-0.25, -0.2) is 4.98 Å². The number of halogens is 2. The quantitative estimate of drug-likeness (QED) is 0.534. The molecule has 0 bridgehead atoms. The molecule has 9 heavy (non-hydrogen) atoms. The second-order valence-electron chi connectivity index (χ2n) is 1.73. The minimum Gasteiger partial charge on any atom is -0.243 e. The first-order valence-electron chi connectivity index (χ1n) is 2.48. The summed E-state index contributed by atoms with van der Waals surface area (Å²) < 4.78 is 0. The third-order valence-electron chi connectivity index (χ3n) is 1.04. The van der Waals surface area contributed by atoms with Gasteiger partial charge in [-0.15, -0.1) is 0 Å². The Morgan fingerprint density at radius 2 is 2.11 bits per heavy atom. The van der Waals surface area contributed by atoms with E-state index in [1.54, 1.807) is 6.20 Å². The van der Waals surface area contributed by atoms with Gasteiger partial charge in [0, 0.05) is 6.20 Å². The molecule has 0 amide bonds.